The van der Waals surface area contributed by atoms with E-state index < -0.39 is 0 Å². The van der Waals surface area contributed by atoms with Gasteiger partial charge in [0.15, 0.2) is 0 Å². The van der Waals surface area contributed by atoms with Gasteiger partial charge in [0, 0.05) is 48.0 Å². The molecule has 0 saturated carbocycles. The highest BCUT2D eigenvalue weighted by Crippen LogP contribution is 2.27. The standard InChI is InChI=1S/C26H22FN9O/c27-20-14-19(15-23(16-20)35-10-12-37-13-11-35)24-7-9-29-26(31-24)30-21-5-3-18(4-6-21)25-32-34-36(33-25)22-2-1-8-28-17-22/h1-9,14-17H,10-13H2,(H,29,30,31). The van der Waals surface area contributed by atoms with Crippen molar-refractivity contribution < 1.29 is 9.13 Å². The van der Waals surface area contributed by atoms with E-state index in [-0.39, 0.29) is 5.82 Å². The first-order valence-corrected chi connectivity index (χ1v) is 11.8. The fraction of sp³-hybridized carbons (Fsp3) is 0.154. The minimum absolute atomic E-state index is 0.309. The van der Waals surface area contributed by atoms with Crippen LogP contribution in [-0.4, -0.2) is 61.5 Å². The number of rotatable bonds is 6. The van der Waals surface area contributed by atoms with E-state index >= 15 is 0 Å². The molecule has 3 aromatic heterocycles. The maximum absolute atomic E-state index is 14.5. The first kappa shape index (κ1) is 22.7. The summed E-state index contributed by atoms with van der Waals surface area (Å²) in [5, 5.41) is 15.9. The Morgan fingerprint density at radius 2 is 1.76 bits per heavy atom. The Hall–Kier alpha value is -4.77. The van der Waals surface area contributed by atoms with Crippen molar-refractivity contribution in [3.8, 4) is 28.3 Å². The number of tetrazole rings is 1. The number of ether oxygens (including phenoxy) is 1. The van der Waals surface area contributed by atoms with Gasteiger partial charge in [-0.3, -0.25) is 4.98 Å². The normalized spacial score (nSPS) is 13.5. The van der Waals surface area contributed by atoms with Crippen molar-refractivity contribution in [1.82, 2.24) is 35.2 Å². The number of nitrogens with one attached hydrogen (secondary N) is 1. The van der Waals surface area contributed by atoms with Crippen molar-refractivity contribution in [2.24, 2.45) is 0 Å². The maximum atomic E-state index is 14.5. The molecule has 1 saturated heterocycles. The molecule has 0 atom stereocenters. The van der Waals surface area contributed by atoms with Crippen molar-refractivity contribution in [2.45, 2.75) is 0 Å². The van der Waals surface area contributed by atoms with Gasteiger partial charge in [0.1, 0.15) is 11.5 Å². The third-order valence-corrected chi connectivity index (χ3v) is 5.90. The highest BCUT2D eigenvalue weighted by molar-refractivity contribution is 5.68. The lowest BCUT2D eigenvalue weighted by Crippen LogP contribution is -2.36. The van der Waals surface area contributed by atoms with Crippen LogP contribution in [0, 0.1) is 5.82 Å². The molecular weight excluding hydrogens is 473 g/mol. The van der Waals surface area contributed by atoms with Gasteiger partial charge in [-0.05, 0) is 65.9 Å². The molecule has 0 amide bonds. The first-order valence-electron chi connectivity index (χ1n) is 11.8. The molecule has 11 heteroatoms. The van der Waals surface area contributed by atoms with E-state index in [0.717, 1.165) is 35.7 Å². The molecule has 1 aliphatic rings. The van der Waals surface area contributed by atoms with Crippen LogP contribution in [0.3, 0.4) is 0 Å². The molecule has 37 heavy (non-hydrogen) atoms. The largest absolute Gasteiger partial charge is 0.378 e. The smallest absolute Gasteiger partial charge is 0.227 e. The highest BCUT2D eigenvalue weighted by Gasteiger charge is 2.14. The Kier molecular flexibility index (Phi) is 6.17. The fourth-order valence-electron chi connectivity index (χ4n) is 4.05. The van der Waals surface area contributed by atoms with Gasteiger partial charge >= 0.3 is 0 Å². The Morgan fingerprint density at radius 3 is 2.57 bits per heavy atom. The average Bonchev–Trinajstić information content (AvgIpc) is 3.45. The van der Waals surface area contributed by atoms with Crippen molar-refractivity contribution in [3.63, 3.8) is 0 Å². The minimum Gasteiger partial charge on any atom is -0.378 e. The maximum Gasteiger partial charge on any atom is 0.227 e. The molecule has 2 aromatic carbocycles. The van der Waals surface area contributed by atoms with E-state index in [0.29, 0.717) is 36.2 Å². The summed E-state index contributed by atoms with van der Waals surface area (Å²) in [7, 11) is 0. The minimum atomic E-state index is -0.309. The van der Waals surface area contributed by atoms with Crippen molar-refractivity contribution in [3.05, 3.63) is 85.1 Å². The van der Waals surface area contributed by atoms with Gasteiger partial charge in [-0.25, -0.2) is 14.4 Å². The number of hydrogen-bond donors (Lipinski definition) is 1. The molecule has 5 aromatic rings. The molecule has 184 valence electrons. The van der Waals surface area contributed by atoms with Crippen LogP contribution in [0.1, 0.15) is 0 Å². The Morgan fingerprint density at radius 1 is 0.892 bits per heavy atom. The molecule has 0 spiro atoms. The topological polar surface area (TPSA) is 107 Å². The zero-order valence-corrected chi connectivity index (χ0v) is 19.7. The molecule has 0 bridgehead atoms. The summed E-state index contributed by atoms with van der Waals surface area (Å²) in [5.74, 6) is 0.593. The van der Waals surface area contributed by atoms with Crippen LogP contribution in [0.2, 0.25) is 0 Å². The van der Waals surface area contributed by atoms with Crippen molar-refractivity contribution in [1.29, 1.82) is 0 Å². The second-order valence-electron chi connectivity index (χ2n) is 8.38. The Labute approximate surface area is 211 Å². The zero-order valence-electron chi connectivity index (χ0n) is 19.7. The zero-order chi connectivity index (χ0) is 25.0. The molecule has 0 radical (unpaired) electrons. The number of halogens is 1. The van der Waals surface area contributed by atoms with Gasteiger partial charge in [-0.1, -0.05) is 0 Å². The Balaban J connectivity index is 1.19. The van der Waals surface area contributed by atoms with Crippen LogP contribution >= 0.6 is 0 Å². The fourth-order valence-corrected chi connectivity index (χ4v) is 4.05. The highest BCUT2D eigenvalue weighted by atomic mass is 19.1. The summed E-state index contributed by atoms with van der Waals surface area (Å²) in [6.45, 7) is 2.71. The number of morpholine rings is 1. The molecular formula is C26H22FN9O. The number of pyridine rings is 1. The van der Waals surface area contributed by atoms with Crippen LogP contribution in [0.15, 0.2) is 79.3 Å². The van der Waals surface area contributed by atoms with Crippen molar-refractivity contribution in [2.75, 3.05) is 36.5 Å². The number of nitrogens with zero attached hydrogens (tertiary/aromatic N) is 8. The number of benzene rings is 2. The lowest BCUT2D eigenvalue weighted by Gasteiger charge is -2.29. The molecule has 1 aliphatic heterocycles. The third-order valence-electron chi connectivity index (χ3n) is 5.90. The molecule has 1 N–H and O–H groups in total. The number of hydrogen-bond acceptors (Lipinski definition) is 9. The molecule has 10 nitrogen and oxygen atoms in total. The number of anilines is 3. The molecule has 4 heterocycles. The second kappa shape index (κ2) is 10.1. The monoisotopic (exact) mass is 495 g/mol. The van der Waals surface area contributed by atoms with Gasteiger partial charge < -0.3 is 15.0 Å². The van der Waals surface area contributed by atoms with E-state index in [4.69, 9.17) is 4.74 Å². The summed E-state index contributed by atoms with van der Waals surface area (Å²) in [6, 6.07) is 17.9. The summed E-state index contributed by atoms with van der Waals surface area (Å²) >= 11 is 0. The molecule has 0 unspecified atom stereocenters. The van der Waals surface area contributed by atoms with Crippen molar-refractivity contribution >= 4 is 17.3 Å². The SMILES string of the molecule is Fc1cc(-c2ccnc(Nc3ccc(-c4nnn(-c5cccnc5)n4)cc3)n2)cc(N2CCOCC2)c1. The summed E-state index contributed by atoms with van der Waals surface area (Å²) in [6.07, 6.45) is 5.01. The average molecular weight is 496 g/mol. The predicted molar refractivity (Wildman–Crippen MR) is 136 cm³/mol. The van der Waals surface area contributed by atoms with E-state index in [1.165, 1.54) is 10.9 Å². The molecule has 1 fully saturated rings. The van der Waals surface area contributed by atoms with Gasteiger partial charge in [0.25, 0.3) is 0 Å². The molecule has 0 aliphatic carbocycles. The van der Waals surface area contributed by atoms with E-state index in [1.54, 1.807) is 30.7 Å². The molecule has 6 rings (SSSR count). The summed E-state index contributed by atoms with van der Waals surface area (Å²) in [4.78, 5) is 16.6. The van der Waals surface area contributed by atoms with Gasteiger partial charge in [-0.2, -0.15) is 0 Å². The summed E-state index contributed by atoms with van der Waals surface area (Å²) in [5.41, 5.74) is 4.45. The van der Waals surface area contributed by atoms with Gasteiger partial charge in [-0.15, -0.1) is 15.0 Å². The van der Waals surface area contributed by atoms with Crippen LogP contribution in [-0.2, 0) is 4.74 Å². The Bertz CT molecular complexity index is 1500. The van der Waals surface area contributed by atoms with Crippen LogP contribution < -0.4 is 10.2 Å². The number of aromatic nitrogens is 7. The van der Waals surface area contributed by atoms with E-state index in [1.807, 2.05) is 42.5 Å². The van der Waals surface area contributed by atoms with Gasteiger partial charge in [0.2, 0.25) is 11.8 Å². The van der Waals surface area contributed by atoms with Crippen LogP contribution in [0.5, 0.6) is 0 Å². The lowest BCUT2D eigenvalue weighted by atomic mass is 10.1. The van der Waals surface area contributed by atoms with Gasteiger partial charge in [0.05, 0.1) is 25.1 Å². The third kappa shape index (κ3) is 5.11. The predicted octanol–water partition coefficient (Wildman–Crippen LogP) is 3.90. The van der Waals surface area contributed by atoms with E-state index in [2.05, 4.69) is 40.6 Å². The quantitative estimate of drug-likeness (QED) is 0.375. The first-order chi connectivity index (χ1) is 18.2. The second-order valence-corrected chi connectivity index (χ2v) is 8.38. The van der Waals surface area contributed by atoms with E-state index in [9.17, 15) is 4.39 Å². The summed E-state index contributed by atoms with van der Waals surface area (Å²) < 4.78 is 19.9. The van der Waals surface area contributed by atoms with Crippen LogP contribution in [0.4, 0.5) is 21.7 Å². The lowest BCUT2D eigenvalue weighted by molar-refractivity contribution is 0.122. The van der Waals surface area contributed by atoms with Crippen LogP contribution in [0.25, 0.3) is 28.3 Å².